The Labute approximate surface area is 134 Å². The van der Waals surface area contributed by atoms with E-state index in [9.17, 15) is 4.79 Å². The van der Waals surface area contributed by atoms with E-state index in [0.717, 1.165) is 40.2 Å². The number of fused-ring (bicyclic) bond motifs is 1. The van der Waals surface area contributed by atoms with Gasteiger partial charge in [0.25, 0.3) is 0 Å². The summed E-state index contributed by atoms with van der Waals surface area (Å²) in [4.78, 5) is 16.5. The molecule has 21 heavy (non-hydrogen) atoms. The number of aromatic nitrogens is 1. The van der Waals surface area contributed by atoms with E-state index >= 15 is 0 Å². The Morgan fingerprint density at radius 3 is 2.71 bits per heavy atom. The fourth-order valence-corrected chi connectivity index (χ4v) is 4.29. The van der Waals surface area contributed by atoms with Gasteiger partial charge in [0.05, 0.1) is 0 Å². The van der Waals surface area contributed by atoms with Crippen LogP contribution in [0.25, 0.3) is 10.9 Å². The van der Waals surface area contributed by atoms with Crippen LogP contribution in [0.1, 0.15) is 56.3 Å². The van der Waals surface area contributed by atoms with Crippen molar-refractivity contribution in [2.24, 2.45) is 11.3 Å². The molecule has 0 radical (unpaired) electrons. The molecule has 0 amide bonds. The van der Waals surface area contributed by atoms with E-state index < -0.39 is 0 Å². The molecule has 0 saturated heterocycles. The number of Topliss-reactive ketones (excluding diaryl/α,β-unsaturated/α-hetero) is 1. The Bertz CT molecular complexity index is 665. The normalized spacial score (nSPS) is 17.7. The maximum Gasteiger partial charge on any atom is 0.171 e. The van der Waals surface area contributed by atoms with Crippen molar-refractivity contribution in [1.29, 1.82) is 0 Å². The summed E-state index contributed by atoms with van der Waals surface area (Å²) >= 11 is 3.48. The SMILES string of the molecule is CC(C)CC1(C(=O)c2c[nH]c3cc(Br)ccc23)CCCC1. The minimum Gasteiger partial charge on any atom is -0.360 e. The fourth-order valence-electron chi connectivity index (χ4n) is 3.93. The number of ketones is 1. The van der Waals surface area contributed by atoms with Gasteiger partial charge in [-0.25, -0.2) is 0 Å². The number of rotatable bonds is 4. The molecule has 1 saturated carbocycles. The first-order valence-electron chi connectivity index (χ1n) is 7.83. The average Bonchev–Trinajstić information content (AvgIpc) is 3.04. The smallest absolute Gasteiger partial charge is 0.171 e. The first-order chi connectivity index (χ1) is 10.0. The second kappa shape index (κ2) is 5.60. The van der Waals surface area contributed by atoms with E-state index in [-0.39, 0.29) is 5.41 Å². The minimum absolute atomic E-state index is 0.129. The Hall–Kier alpha value is -1.09. The summed E-state index contributed by atoms with van der Waals surface area (Å²) < 4.78 is 1.04. The Kier molecular flexibility index (Phi) is 3.96. The van der Waals surface area contributed by atoms with Crippen LogP contribution in [0.2, 0.25) is 0 Å². The highest BCUT2D eigenvalue weighted by molar-refractivity contribution is 9.10. The molecular formula is C18H22BrNO. The molecule has 2 aromatic rings. The number of nitrogens with one attached hydrogen (secondary N) is 1. The zero-order valence-electron chi connectivity index (χ0n) is 12.7. The van der Waals surface area contributed by atoms with Gasteiger partial charge in [0.1, 0.15) is 0 Å². The van der Waals surface area contributed by atoms with Gasteiger partial charge in [0.2, 0.25) is 0 Å². The highest BCUT2D eigenvalue weighted by Gasteiger charge is 2.42. The predicted molar refractivity (Wildman–Crippen MR) is 90.7 cm³/mol. The van der Waals surface area contributed by atoms with Crippen LogP contribution in [-0.4, -0.2) is 10.8 Å². The van der Waals surface area contributed by atoms with E-state index in [2.05, 4.69) is 34.8 Å². The molecular weight excluding hydrogens is 326 g/mol. The largest absolute Gasteiger partial charge is 0.360 e. The van der Waals surface area contributed by atoms with Crippen LogP contribution in [0.15, 0.2) is 28.9 Å². The molecule has 0 bridgehead atoms. The van der Waals surface area contributed by atoms with Crippen LogP contribution < -0.4 is 0 Å². The summed E-state index contributed by atoms with van der Waals surface area (Å²) in [6.07, 6.45) is 7.38. The van der Waals surface area contributed by atoms with Gasteiger partial charge in [-0.2, -0.15) is 0 Å². The average molecular weight is 348 g/mol. The van der Waals surface area contributed by atoms with Crippen LogP contribution in [0.3, 0.4) is 0 Å². The first kappa shape index (κ1) is 14.8. The van der Waals surface area contributed by atoms with Gasteiger partial charge < -0.3 is 4.98 Å². The number of carbonyl (C=O) groups is 1. The van der Waals surface area contributed by atoms with Gasteiger partial charge in [0.15, 0.2) is 5.78 Å². The van der Waals surface area contributed by atoms with Crippen LogP contribution in [0.4, 0.5) is 0 Å². The molecule has 1 N–H and O–H groups in total. The standard InChI is InChI=1S/C18H22BrNO/c1-12(2)10-18(7-3-4-8-18)17(21)15-11-20-16-9-13(19)5-6-14(15)16/h5-6,9,11-12,20H,3-4,7-8,10H2,1-2H3. The maximum atomic E-state index is 13.2. The van der Waals surface area contributed by atoms with Gasteiger partial charge in [-0.05, 0) is 37.3 Å². The summed E-state index contributed by atoms with van der Waals surface area (Å²) in [7, 11) is 0. The number of carbonyl (C=O) groups excluding carboxylic acids is 1. The number of H-pyrrole nitrogens is 1. The Balaban J connectivity index is 2.02. The molecule has 112 valence electrons. The topological polar surface area (TPSA) is 32.9 Å². The summed E-state index contributed by atoms with van der Waals surface area (Å²) in [6.45, 7) is 4.44. The number of hydrogen-bond acceptors (Lipinski definition) is 1. The van der Waals surface area contributed by atoms with Gasteiger partial charge in [-0.15, -0.1) is 0 Å². The van der Waals surface area contributed by atoms with E-state index in [1.54, 1.807) is 0 Å². The molecule has 1 aromatic carbocycles. The zero-order valence-corrected chi connectivity index (χ0v) is 14.3. The van der Waals surface area contributed by atoms with Crippen molar-refractivity contribution < 1.29 is 4.79 Å². The molecule has 2 nitrogen and oxygen atoms in total. The molecule has 1 heterocycles. The number of benzene rings is 1. The maximum absolute atomic E-state index is 13.2. The monoisotopic (exact) mass is 347 g/mol. The lowest BCUT2D eigenvalue weighted by Crippen LogP contribution is -2.29. The van der Waals surface area contributed by atoms with Gasteiger partial charge in [0, 0.05) is 32.6 Å². The van der Waals surface area contributed by atoms with Crippen LogP contribution >= 0.6 is 15.9 Å². The van der Waals surface area contributed by atoms with Crippen molar-refractivity contribution >= 4 is 32.6 Å². The third-order valence-electron chi connectivity index (χ3n) is 4.73. The molecule has 0 unspecified atom stereocenters. The van der Waals surface area contributed by atoms with Gasteiger partial charge in [-0.3, -0.25) is 4.79 Å². The van der Waals surface area contributed by atoms with Crippen molar-refractivity contribution in [3.63, 3.8) is 0 Å². The van der Waals surface area contributed by atoms with E-state index in [4.69, 9.17) is 0 Å². The minimum atomic E-state index is -0.129. The van der Waals surface area contributed by atoms with Crippen LogP contribution in [0, 0.1) is 11.3 Å². The molecule has 0 spiro atoms. The molecule has 0 aliphatic heterocycles. The van der Waals surface area contributed by atoms with Crippen molar-refractivity contribution in [2.45, 2.75) is 46.0 Å². The Morgan fingerprint density at radius 1 is 1.33 bits per heavy atom. The molecule has 3 heteroatoms. The van der Waals surface area contributed by atoms with Crippen molar-refractivity contribution in [2.75, 3.05) is 0 Å². The highest BCUT2D eigenvalue weighted by atomic mass is 79.9. The van der Waals surface area contributed by atoms with Crippen molar-refractivity contribution in [1.82, 2.24) is 4.98 Å². The Morgan fingerprint density at radius 2 is 2.05 bits per heavy atom. The summed E-state index contributed by atoms with van der Waals surface area (Å²) in [5.74, 6) is 0.911. The summed E-state index contributed by atoms with van der Waals surface area (Å²) in [6, 6.07) is 6.09. The third kappa shape index (κ3) is 2.68. The predicted octanol–water partition coefficient (Wildman–Crippen LogP) is 5.72. The molecule has 0 atom stereocenters. The summed E-state index contributed by atoms with van der Waals surface area (Å²) in [5.41, 5.74) is 1.78. The second-order valence-corrected chi connectivity index (χ2v) is 7.72. The van der Waals surface area contributed by atoms with Gasteiger partial charge in [-0.1, -0.05) is 48.7 Å². The lowest BCUT2D eigenvalue weighted by atomic mass is 9.73. The lowest BCUT2D eigenvalue weighted by Gasteiger charge is -2.29. The fraction of sp³-hybridized carbons (Fsp3) is 0.500. The third-order valence-corrected chi connectivity index (χ3v) is 5.22. The molecule has 3 rings (SSSR count). The van der Waals surface area contributed by atoms with Crippen LogP contribution in [-0.2, 0) is 0 Å². The summed E-state index contributed by atoms with van der Waals surface area (Å²) in [5, 5.41) is 1.05. The highest BCUT2D eigenvalue weighted by Crippen LogP contribution is 2.46. The second-order valence-electron chi connectivity index (χ2n) is 6.81. The van der Waals surface area contributed by atoms with E-state index in [0.29, 0.717) is 11.7 Å². The van der Waals surface area contributed by atoms with Gasteiger partial charge >= 0.3 is 0 Å². The van der Waals surface area contributed by atoms with E-state index in [1.807, 2.05) is 24.4 Å². The quantitative estimate of drug-likeness (QED) is 0.704. The lowest BCUT2D eigenvalue weighted by molar-refractivity contribution is 0.0762. The zero-order chi connectivity index (χ0) is 15.0. The number of halogens is 1. The van der Waals surface area contributed by atoms with Crippen LogP contribution in [0.5, 0.6) is 0 Å². The van der Waals surface area contributed by atoms with Crippen molar-refractivity contribution in [3.8, 4) is 0 Å². The first-order valence-corrected chi connectivity index (χ1v) is 8.63. The molecule has 1 fully saturated rings. The number of aromatic amines is 1. The van der Waals surface area contributed by atoms with E-state index in [1.165, 1.54) is 12.8 Å². The molecule has 1 aliphatic carbocycles. The van der Waals surface area contributed by atoms with Crippen molar-refractivity contribution in [3.05, 3.63) is 34.4 Å². The molecule has 1 aromatic heterocycles. The number of hydrogen-bond donors (Lipinski definition) is 1. The molecule has 1 aliphatic rings.